The summed E-state index contributed by atoms with van der Waals surface area (Å²) in [5, 5.41) is 16.9. The molecule has 1 aromatic heterocycles. The summed E-state index contributed by atoms with van der Waals surface area (Å²) in [4.78, 5) is 16.7. The Morgan fingerprint density at radius 1 is 1.26 bits per heavy atom. The van der Waals surface area contributed by atoms with Gasteiger partial charge in [-0.25, -0.2) is 14.1 Å². The lowest BCUT2D eigenvalue weighted by atomic mass is 10.0. The van der Waals surface area contributed by atoms with E-state index in [9.17, 15) is 14.3 Å². The molecule has 0 saturated carbocycles. The topological polar surface area (TPSA) is 80.0 Å². The smallest absolute Gasteiger partial charge is 0.251 e. The second-order valence-electron chi connectivity index (χ2n) is 6.25. The number of para-hydroxylation sites is 1. The van der Waals surface area contributed by atoms with Crippen molar-refractivity contribution in [1.82, 2.24) is 20.1 Å². The molecule has 6 nitrogen and oxygen atoms in total. The predicted molar refractivity (Wildman–Crippen MR) is 99.7 cm³/mol. The first kappa shape index (κ1) is 18.6. The number of nitrogens with zero attached hydrogens (tertiary/aromatic N) is 3. The highest BCUT2D eigenvalue weighted by Crippen LogP contribution is 2.31. The molecule has 0 bridgehead atoms. The molecule has 0 aliphatic carbocycles. The minimum atomic E-state index is -0.681. The van der Waals surface area contributed by atoms with E-state index in [1.807, 2.05) is 13.8 Å². The second-order valence-corrected chi connectivity index (χ2v) is 6.25. The van der Waals surface area contributed by atoms with E-state index >= 15 is 0 Å². The van der Waals surface area contributed by atoms with Gasteiger partial charge in [-0.2, -0.15) is 5.10 Å². The van der Waals surface area contributed by atoms with Crippen molar-refractivity contribution in [2.45, 2.75) is 32.9 Å². The van der Waals surface area contributed by atoms with Crippen LogP contribution in [0.1, 0.15) is 42.5 Å². The quantitative estimate of drug-likeness (QED) is 0.695. The Morgan fingerprint density at radius 2 is 2.00 bits per heavy atom. The van der Waals surface area contributed by atoms with Crippen molar-refractivity contribution in [2.75, 3.05) is 0 Å². The number of carbonyl (C=O) groups excluding carboxylic acids is 1. The fraction of sp³-hybridized carbons (Fsp3) is 0.250. The highest BCUT2D eigenvalue weighted by atomic mass is 19.1. The zero-order chi connectivity index (χ0) is 19.4. The summed E-state index contributed by atoms with van der Waals surface area (Å²) in [6.45, 7) is 4.64. The molecule has 0 unspecified atom stereocenters. The average molecular weight is 368 g/mol. The van der Waals surface area contributed by atoms with E-state index in [0.717, 1.165) is 13.0 Å². The number of hydrogen-bond donors (Lipinski definition) is 2. The fourth-order valence-electron chi connectivity index (χ4n) is 2.89. The largest absolute Gasteiger partial charge is 0.504 e. The summed E-state index contributed by atoms with van der Waals surface area (Å²) in [6, 6.07) is 10.7. The van der Waals surface area contributed by atoms with E-state index in [2.05, 4.69) is 15.4 Å². The van der Waals surface area contributed by atoms with E-state index in [-0.39, 0.29) is 11.9 Å². The molecule has 0 fully saturated rings. The number of aromatic hydroxyl groups is 1. The van der Waals surface area contributed by atoms with Crippen molar-refractivity contribution in [3.63, 3.8) is 0 Å². The van der Waals surface area contributed by atoms with Crippen molar-refractivity contribution in [2.24, 2.45) is 0 Å². The number of aromatic nitrogens is 3. The van der Waals surface area contributed by atoms with Gasteiger partial charge in [-0.05, 0) is 37.1 Å². The van der Waals surface area contributed by atoms with Crippen molar-refractivity contribution in [3.8, 4) is 16.9 Å². The number of benzene rings is 2. The average Bonchev–Trinajstić information content (AvgIpc) is 3.13. The van der Waals surface area contributed by atoms with Crippen molar-refractivity contribution in [3.05, 3.63) is 66.0 Å². The van der Waals surface area contributed by atoms with Crippen LogP contribution in [0.15, 0.2) is 48.8 Å². The first-order chi connectivity index (χ1) is 13.0. The van der Waals surface area contributed by atoms with Gasteiger partial charge in [-0.3, -0.25) is 4.79 Å². The summed E-state index contributed by atoms with van der Waals surface area (Å²) in [7, 11) is 0. The Hall–Kier alpha value is -3.22. The van der Waals surface area contributed by atoms with Gasteiger partial charge >= 0.3 is 0 Å². The van der Waals surface area contributed by atoms with E-state index in [1.54, 1.807) is 35.0 Å². The third kappa shape index (κ3) is 3.97. The maximum absolute atomic E-state index is 13.5. The van der Waals surface area contributed by atoms with Crippen LogP contribution < -0.4 is 5.32 Å². The van der Waals surface area contributed by atoms with Gasteiger partial charge in [0.25, 0.3) is 5.91 Å². The highest BCUT2D eigenvalue weighted by Gasteiger charge is 2.17. The van der Waals surface area contributed by atoms with Gasteiger partial charge in [-0.1, -0.05) is 31.2 Å². The molecule has 1 heterocycles. The molecule has 0 aliphatic heterocycles. The molecule has 0 saturated heterocycles. The number of aryl methyl sites for hydroxylation is 1. The zero-order valence-electron chi connectivity index (χ0n) is 15.2. The lowest BCUT2D eigenvalue weighted by molar-refractivity contribution is 0.0937. The van der Waals surface area contributed by atoms with E-state index in [4.69, 9.17) is 0 Å². The summed E-state index contributed by atoms with van der Waals surface area (Å²) in [5.74, 6) is -0.631. The van der Waals surface area contributed by atoms with E-state index in [0.29, 0.717) is 22.5 Å². The van der Waals surface area contributed by atoms with Gasteiger partial charge in [-0.15, -0.1) is 0 Å². The van der Waals surface area contributed by atoms with Gasteiger partial charge in [0, 0.05) is 17.7 Å². The molecule has 7 heteroatoms. The number of nitrogens with one attached hydrogen (secondary N) is 1. The minimum Gasteiger partial charge on any atom is -0.504 e. The van der Waals surface area contributed by atoms with E-state index < -0.39 is 11.6 Å². The van der Waals surface area contributed by atoms with Crippen molar-refractivity contribution in [1.29, 1.82) is 0 Å². The number of hydrogen-bond acceptors (Lipinski definition) is 4. The number of rotatable bonds is 6. The molecule has 3 rings (SSSR count). The molecule has 27 heavy (non-hydrogen) atoms. The highest BCUT2D eigenvalue weighted by molar-refractivity contribution is 5.95. The number of phenols is 1. The molecule has 0 spiro atoms. The van der Waals surface area contributed by atoms with Crippen LogP contribution in [0.25, 0.3) is 11.1 Å². The summed E-state index contributed by atoms with van der Waals surface area (Å²) in [6.07, 6.45) is 2.40. The van der Waals surface area contributed by atoms with Gasteiger partial charge in [0.15, 0.2) is 11.6 Å². The number of halogens is 1. The second kappa shape index (κ2) is 7.99. The Kier molecular flexibility index (Phi) is 5.49. The fourth-order valence-corrected chi connectivity index (χ4v) is 2.89. The van der Waals surface area contributed by atoms with Crippen LogP contribution >= 0.6 is 0 Å². The van der Waals surface area contributed by atoms with Crippen molar-refractivity contribution < 1.29 is 14.3 Å². The maximum Gasteiger partial charge on any atom is 0.251 e. The maximum atomic E-state index is 13.5. The number of amides is 1. The van der Waals surface area contributed by atoms with Crippen LogP contribution in [0, 0.1) is 5.82 Å². The zero-order valence-corrected chi connectivity index (χ0v) is 15.2. The van der Waals surface area contributed by atoms with Gasteiger partial charge in [0.2, 0.25) is 0 Å². The first-order valence-electron chi connectivity index (χ1n) is 8.77. The van der Waals surface area contributed by atoms with Crippen LogP contribution in [0.3, 0.4) is 0 Å². The molecule has 0 radical (unpaired) electrons. The SMILES string of the molecule is CCCn1ncnc1[C@@H](C)NC(=O)c1ccc(-c2cccc(F)c2O)cc1. The van der Waals surface area contributed by atoms with Gasteiger partial charge in [0.05, 0.1) is 6.04 Å². The molecule has 2 aromatic carbocycles. The monoisotopic (exact) mass is 368 g/mol. The Labute approximate surface area is 156 Å². The Morgan fingerprint density at radius 3 is 2.70 bits per heavy atom. The van der Waals surface area contributed by atoms with Crippen LogP contribution in [0.5, 0.6) is 5.75 Å². The predicted octanol–water partition coefficient (Wildman–Crippen LogP) is 3.69. The molecule has 1 atom stereocenters. The minimum absolute atomic E-state index is 0.247. The van der Waals surface area contributed by atoms with E-state index in [1.165, 1.54) is 18.5 Å². The number of phenolic OH excluding ortho intramolecular Hbond substituents is 1. The summed E-state index contributed by atoms with van der Waals surface area (Å²) < 4.78 is 15.3. The van der Waals surface area contributed by atoms with Gasteiger partial charge in [0.1, 0.15) is 12.2 Å². The molecule has 3 aromatic rings. The van der Waals surface area contributed by atoms with Gasteiger partial charge < -0.3 is 10.4 Å². The van der Waals surface area contributed by atoms with Crippen LogP contribution in [-0.2, 0) is 6.54 Å². The van der Waals surface area contributed by atoms with Crippen molar-refractivity contribution >= 4 is 5.91 Å². The lowest BCUT2D eigenvalue weighted by Crippen LogP contribution is -2.29. The third-order valence-electron chi connectivity index (χ3n) is 4.26. The molecule has 2 N–H and O–H groups in total. The summed E-state index contributed by atoms with van der Waals surface area (Å²) >= 11 is 0. The number of carbonyl (C=O) groups is 1. The lowest BCUT2D eigenvalue weighted by Gasteiger charge is -2.14. The normalized spacial score (nSPS) is 12.0. The molecular weight excluding hydrogens is 347 g/mol. The van der Waals surface area contributed by atoms with Crippen LogP contribution in [0.4, 0.5) is 4.39 Å². The van der Waals surface area contributed by atoms with Crippen LogP contribution in [0.2, 0.25) is 0 Å². The molecular formula is C20H21FN4O2. The standard InChI is InChI=1S/C20H21FN4O2/c1-3-11-25-19(22-12-23-25)13(2)24-20(27)15-9-7-14(8-10-15)16-5-4-6-17(21)18(16)26/h4-10,12-13,26H,3,11H2,1-2H3,(H,24,27)/t13-/m1/s1. The first-order valence-corrected chi connectivity index (χ1v) is 8.77. The molecule has 0 aliphatic rings. The summed E-state index contributed by atoms with van der Waals surface area (Å²) in [5.41, 5.74) is 1.46. The van der Waals surface area contributed by atoms with Crippen LogP contribution in [-0.4, -0.2) is 25.8 Å². The Bertz CT molecular complexity index is 937. The molecule has 1 amide bonds. The third-order valence-corrected chi connectivity index (χ3v) is 4.26. The molecule has 140 valence electrons. The Balaban J connectivity index is 1.74.